The summed E-state index contributed by atoms with van der Waals surface area (Å²) in [5.74, 6) is 1.19. The third kappa shape index (κ3) is 0.816. The average molecular weight is 87.1 g/mol. The maximum absolute atomic E-state index is 3.88. The van der Waals surface area contributed by atoms with E-state index in [2.05, 4.69) is 4.72 Å². The topological polar surface area (TPSA) is 14.1 Å². The van der Waals surface area contributed by atoms with Gasteiger partial charge in [0.1, 0.15) is 0 Å². The Morgan fingerprint density at radius 2 is 2.80 bits per heavy atom. The van der Waals surface area contributed by atoms with Crippen LogP contribution in [-0.4, -0.2) is 5.75 Å². The van der Waals surface area contributed by atoms with Gasteiger partial charge in [0.05, 0.1) is 6.54 Å². The van der Waals surface area contributed by atoms with Crippen LogP contribution in [-0.2, 0) is 0 Å². The molecule has 28 valence electrons. The van der Waals surface area contributed by atoms with Crippen LogP contribution < -0.4 is 4.72 Å². The molecule has 2 radical (unpaired) electrons. The van der Waals surface area contributed by atoms with Crippen LogP contribution in [0.25, 0.3) is 0 Å². The molecule has 0 aromatic rings. The molecule has 0 aliphatic carbocycles. The van der Waals surface area contributed by atoms with Crippen molar-refractivity contribution in [2.24, 2.45) is 0 Å². The molecule has 1 saturated heterocycles. The molecule has 0 aromatic heterocycles. The monoisotopic (exact) mass is 87.0 g/mol. The maximum Gasteiger partial charge on any atom is 0.0556 e. The highest BCUT2D eigenvalue weighted by Crippen LogP contribution is 2.09. The zero-order chi connectivity index (χ0) is 3.54. The molecule has 0 spiro atoms. The third-order valence-electron chi connectivity index (χ3n) is 0.487. The lowest BCUT2D eigenvalue weighted by Gasteiger charge is -1.70. The Morgan fingerprint density at radius 1 is 1.80 bits per heavy atom. The van der Waals surface area contributed by atoms with E-state index in [1.54, 1.807) is 11.9 Å². The molecule has 1 rings (SSSR count). The standard InChI is InChI=1S/C3H5NS/c1-2-4-5-3-1/h2H,1,3H2. The highest BCUT2D eigenvalue weighted by molar-refractivity contribution is 7.97. The summed E-state index contributed by atoms with van der Waals surface area (Å²) in [5, 5.41) is 0. The van der Waals surface area contributed by atoms with Crippen molar-refractivity contribution < 1.29 is 0 Å². The smallest absolute Gasteiger partial charge is 0.0556 e. The summed E-state index contributed by atoms with van der Waals surface area (Å²) in [5.41, 5.74) is 0. The van der Waals surface area contributed by atoms with Crippen molar-refractivity contribution in [2.45, 2.75) is 6.42 Å². The molecule has 0 amide bonds. The van der Waals surface area contributed by atoms with Crippen LogP contribution in [0, 0.1) is 6.54 Å². The number of nitrogens with zero attached hydrogens (tertiary/aromatic N) is 1. The van der Waals surface area contributed by atoms with Gasteiger partial charge in [-0.2, -0.15) is 4.72 Å². The van der Waals surface area contributed by atoms with Crippen LogP contribution in [0.1, 0.15) is 6.42 Å². The van der Waals surface area contributed by atoms with Gasteiger partial charge >= 0.3 is 0 Å². The molecule has 5 heavy (non-hydrogen) atoms. The lowest BCUT2D eigenvalue weighted by Crippen LogP contribution is -1.71. The summed E-state index contributed by atoms with van der Waals surface area (Å²) in [6.07, 6.45) is 1.17. The molecular formula is C3H5NS. The van der Waals surface area contributed by atoms with E-state index in [1.165, 1.54) is 12.2 Å². The van der Waals surface area contributed by atoms with Gasteiger partial charge in [0.25, 0.3) is 0 Å². The largest absolute Gasteiger partial charge is 0.170 e. The molecule has 0 N–H and O–H groups in total. The van der Waals surface area contributed by atoms with Gasteiger partial charge in [0.2, 0.25) is 0 Å². The van der Waals surface area contributed by atoms with Crippen LogP contribution in [0.4, 0.5) is 0 Å². The molecule has 1 fully saturated rings. The van der Waals surface area contributed by atoms with Gasteiger partial charge in [0.15, 0.2) is 0 Å². The molecule has 1 nitrogen and oxygen atoms in total. The molecule has 1 aliphatic heterocycles. The lowest BCUT2D eigenvalue weighted by atomic mass is 10.5. The van der Waals surface area contributed by atoms with Crippen molar-refractivity contribution in [3.05, 3.63) is 6.54 Å². The average Bonchev–Trinajstić information content (AvgIpc) is 1.76. The number of hydrogen-bond acceptors (Lipinski definition) is 1. The predicted molar refractivity (Wildman–Crippen MR) is 23.5 cm³/mol. The SMILES string of the molecule is [CH]1CCS[N]1. The van der Waals surface area contributed by atoms with Crippen molar-refractivity contribution in [1.82, 2.24) is 4.72 Å². The van der Waals surface area contributed by atoms with Gasteiger partial charge < -0.3 is 0 Å². The van der Waals surface area contributed by atoms with Crippen LogP contribution in [0.3, 0.4) is 0 Å². The van der Waals surface area contributed by atoms with E-state index in [0.29, 0.717) is 0 Å². The van der Waals surface area contributed by atoms with Gasteiger partial charge in [0, 0.05) is 5.75 Å². The Labute approximate surface area is 36.3 Å². The molecule has 0 atom stereocenters. The van der Waals surface area contributed by atoms with Crippen molar-refractivity contribution >= 4 is 11.9 Å². The Hall–Kier alpha value is 0.310. The van der Waals surface area contributed by atoms with E-state index in [1.807, 2.05) is 6.54 Å². The summed E-state index contributed by atoms with van der Waals surface area (Å²) < 4.78 is 3.88. The maximum atomic E-state index is 3.88. The normalized spacial score (nSPS) is 24.0. The minimum atomic E-state index is 1.17. The summed E-state index contributed by atoms with van der Waals surface area (Å²) in [4.78, 5) is 0. The lowest BCUT2D eigenvalue weighted by molar-refractivity contribution is 1.08. The molecule has 0 saturated carbocycles. The zero-order valence-electron chi connectivity index (χ0n) is 2.85. The second-order valence-corrected chi connectivity index (χ2v) is 1.79. The van der Waals surface area contributed by atoms with Gasteiger partial charge in [-0.15, -0.1) is 0 Å². The first-order chi connectivity index (χ1) is 2.50. The van der Waals surface area contributed by atoms with Crippen LogP contribution in [0.2, 0.25) is 0 Å². The first-order valence-corrected chi connectivity index (χ1v) is 2.58. The van der Waals surface area contributed by atoms with E-state index < -0.39 is 0 Å². The minimum Gasteiger partial charge on any atom is -0.170 e. The van der Waals surface area contributed by atoms with Crippen molar-refractivity contribution in [3.8, 4) is 0 Å². The summed E-state index contributed by atoms with van der Waals surface area (Å²) in [6.45, 7) is 1.95. The zero-order valence-corrected chi connectivity index (χ0v) is 3.66. The summed E-state index contributed by atoms with van der Waals surface area (Å²) in [6, 6.07) is 0. The van der Waals surface area contributed by atoms with Crippen LogP contribution >= 0.6 is 11.9 Å². The number of hydrogen-bond donors (Lipinski definition) is 0. The molecule has 1 aliphatic rings. The first-order valence-electron chi connectivity index (χ1n) is 1.64. The quantitative estimate of drug-likeness (QED) is 0.399. The summed E-state index contributed by atoms with van der Waals surface area (Å²) in [7, 11) is 0. The molecule has 1 heterocycles. The Kier molecular flexibility index (Phi) is 1.17. The fourth-order valence-electron chi connectivity index (χ4n) is 0.264. The van der Waals surface area contributed by atoms with Crippen LogP contribution in [0.15, 0.2) is 0 Å². The molecular weight excluding hydrogens is 82.1 g/mol. The molecule has 0 bridgehead atoms. The molecule has 0 unspecified atom stereocenters. The fourth-order valence-corrected chi connectivity index (χ4v) is 0.791. The van der Waals surface area contributed by atoms with E-state index in [9.17, 15) is 0 Å². The predicted octanol–water partition coefficient (Wildman–Crippen LogP) is 0.804. The van der Waals surface area contributed by atoms with Crippen molar-refractivity contribution in [2.75, 3.05) is 5.75 Å². The van der Waals surface area contributed by atoms with Crippen LogP contribution in [0.5, 0.6) is 0 Å². The van der Waals surface area contributed by atoms with Crippen molar-refractivity contribution in [1.29, 1.82) is 0 Å². The fraction of sp³-hybridized carbons (Fsp3) is 0.667. The highest BCUT2D eigenvalue weighted by atomic mass is 32.2. The third-order valence-corrected chi connectivity index (χ3v) is 1.20. The number of rotatable bonds is 0. The van der Waals surface area contributed by atoms with Gasteiger partial charge in [-0.05, 0) is 6.42 Å². The Morgan fingerprint density at radius 3 is 3.00 bits per heavy atom. The molecule has 0 aromatic carbocycles. The first kappa shape index (κ1) is 3.50. The van der Waals surface area contributed by atoms with Crippen molar-refractivity contribution in [3.63, 3.8) is 0 Å². The van der Waals surface area contributed by atoms with E-state index in [0.717, 1.165) is 0 Å². The second kappa shape index (κ2) is 1.67. The highest BCUT2D eigenvalue weighted by Gasteiger charge is 1.97. The Balaban J connectivity index is 2.08. The van der Waals surface area contributed by atoms with Gasteiger partial charge in [-0.1, -0.05) is 11.9 Å². The second-order valence-electron chi connectivity index (χ2n) is 0.910. The molecule has 2 heteroatoms. The minimum absolute atomic E-state index is 1.17. The van der Waals surface area contributed by atoms with E-state index in [-0.39, 0.29) is 0 Å². The van der Waals surface area contributed by atoms with Gasteiger partial charge in [-0.25, -0.2) is 0 Å². The summed E-state index contributed by atoms with van der Waals surface area (Å²) >= 11 is 1.64. The Bertz CT molecular complexity index is 18.5. The van der Waals surface area contributed by atoms with E-state index in [4.69, 9.17) is 0 Å². The van der Waals surface area contributed by atoms with Gasteiger partial charge in [-0.3, -0.25) is 0 Å². The van der Waals surface area contributed by atoms with E-state index >= 15 is 0 Å².